The van der Waals surface area contributed by atoms with Gasteiger partial charge in [0.25, 0.3) is 0 Å². The predicted molar refractivity (Wildman–Crippen MR) is 87.5 cm³/mol. The Bertz CT molecular complexity index is 608. The van der Waals surface area contributed by atoms with Crippen molar-refractivity contribution in [3.05, 3.63) is 57.6 Å². The van der Waals surface area contributed by atoms with Gasteiger partial charge in [-0.3, -0.25) is 0 Å². The molecule has 0 saturated carbocycles. The van der Waals surface area contributed by atoms with E-state index in [9.17, 15) is 0 Å². The van der Waals surface area contributed by atoms with Crippen molar-refractivity contribution in [2.45, 2.75) is 33.2 Å². The van der Waals surface area contributed by atoms with Crippen LogP contribution in [0.25, 0.3) is 0 Å². The second-order valence-corrected chi connectivity index (χ2v) is 6.15. The number of rotatable bonds is 4. The fourth-order valence-corrected chi connectivity index (χ4v) is 2.38. The van der Waals surface area contributed by atoms with Gasteiger partial charge in [0.15, 0.2) is 0 Å². The molecule has 0 saturated heterocycles. The van der Waals surface area contributed by atoms with Crippen LogP contribution in [0.2, 0.25) is 0 Å². The van der Waals surface area contributed by atoms with Crippen LogP contribution in [0.3, 0.4) is 0 Å². The van der Waals surface area contributed by atoms with Gasteiger partial charge in [-0.25, -0.2) is 0 Å². The minimum atomic E-state index is 0.176. The van der Waals surface area contributed by atoms with Gasteiger partial charge in [0, 0.05) is 10.5 Å². The number of aryl methyl sites for hydroxylation is 2. The molecule has 1 unspecified atom stereocenters. The Morgan fingerprint density at radius 2 is 1.85 bits per heavy atom. The fraction of sp³-hybridized carbons (Fsp3) is 0.294. The standard InChI is InChI=1S/C17H20BrNO/c1-11-9-15(5-6-16(11)18)20-17-7-4-14(8-12(17)2)10-13(3)19/h4-9,13H,10,19H2,1-3H3. The Morgan fingerprint density at radius 3 is 2.45 bits per heavy atom. The van der Waals surface area contributed by atoms with E-state index in [1.54, 1.807) is 0 Å². The highest BCUT2D eigenvalue weighted by molar-refractivity contribution is 9.10. The molecule has 20 heavy (non-hydrogen) atoms. The first-order chi connectivity index (χ1) is 9.45. The zero-order chi connectivity index (χ0) is 14.7. The van der Waals surface area contributed by atoms with E-state index in [0.717, 1.165) is 33.5 Å². The van der Waals surface area contributed by atoms with Crippen LogP contribution in [0.15, 0.2) is 40.9 Å². The van der Waals surface area contributed by atoms with Crippen LogP contribution in [-0.4, -0.2) is 6.04 Å². The van der Waals surface area contributed by atoms with Crippen molar-refractivity contribution < 1.29 is 4.74 Å². The lowest BCUT2D eigenvalue weighted by Crippen LogP contribution is -2.17. The van der Waals surface area contributed by atoms with Gasteiger partial charge >= 0.3 is 0 Å². The number of benzene rings is 2. The minimum Gasteiger partial charge on any atom is -0.457 e. The summed E-state index contributed by atoms with van der Waals surface area (Å²) in [6.45, 7) is 6.13. The molecule has 0 aliphatic heterocycles. The highest BCUT2D eigenvalue weighted by Gasteiger charge is 2.05. The monoisotopic (exact) mass is 333 g/mol. The predicted octanol–water partition coefficient (Wildman–Crippen LogP) is 4.75. The highest BCUT2D eigenvalue weighted by Crippen LogP contribution is 2.28. The molecule has 1 atom stereocenters. The first kappa shape index (κ1) is 15.1. The first-order valence-electron chi connectivity index (χ1n) is 6.75. The molecule has 2 rings (SSSR count). The molecule has 0 fully saturated rings. The molecular weight excluding hydrogens is 314 g/mol. The van der Waals surface area contributed by atoms with Crippen LogP contribution in [0.1, 0.15) is 23.6 Å². The van der Waals surface area contributed by atoms with Crippen molar-refractivity contribution >= 4 is 15.9 Å². The molecule has 2 aromatic carbocycles. The SMILES string of the molecule is Cc1cc(Oc2ccc(CC(C)N)cc2C)ccc1Br. The van der Waals surface area contributed by atoms with Crippen LogP contribution >= 0.6 is 15.9 Å². The summed E-state index contributed by atoms with van der Waals surface area (Å²) in [5.74, 6) is 1.74. The van der Waals surface area contributed by atoms with Gasteiger partial charge in [-0.15, -0.1) is 0 Å². The fourth-order valence-electron chi connectivity index (χ4n) is 2.13. The summed E-state index contributed by atoms with van der Waals surface area (Å²) >= 11 is 3.49. The van der Waals surface area contributed by atoms with Crippen molar-refractivity contribution in [3.63, 3.8) is 0 Å². The van der Waals surface area contributed by atoms with Gasteiger partial charge < -0.3 is 10.5 Å². The quantitative estimate of drug-likeness (QED) is 0.876. The zero-order valence-corrected chi connectivity index (χ0v) is 13.7. The summed E-state index contributed by atoms with van der Waals surface area (Å²) in [5.41, 5.74) is 9.37. The molecule has 0 aromatic heterocycles. The van der Waals surface area contributed by atoms with Crippen molar-refractivity contribution in [3.8, 4) is 11.5 Å². The van der Waals surface area contributed by atoms with Gasteiger partial charge in [0.2, 0.25) is 0 Å². The normalized spacial score (nSPS) is 12.2. The summed E-state index contributed by atoms with van der Waals surface area (Å²) in [5, 5.41) is 0. The van der Waals surface area contributed by atoms with Crippen molar-refractivity contribution in [2.75, 3.05) is 0 Å². The molecule has 2 nitrogen and oxygen atoms in total. The maximum absolute atomic E-state index is 5.95. The molecular formula is C17H20BrNO. The number of ether oxygens (including phenoxy) is 1. The molecule has 0 amide bonds. The van der Waals surface area contributed by atoms with Crippen LogP contribution in [0, 0.1) is 13.8 Å². The van der Waals surface area contributed by atoms with Gasteiger partial charge in [0.1, 0.15) is 11.5 Å². The number of halogens is 1. The Balaban J connectivity index is 2.19. The molecule has 0 bridgehead atoms. The topological polar surface area (TPSA) is 35.2 Å². The number of hydrogen-bond acceptors (Lipinski definition) is 2. The lowest BCUT2D eigenvalue weighted by molar-refractivity contribution is 0.478. The van der Waals surface area contributed by atoms with Crippen LogP contribution in [-0.2, 0) is 6.42 Å². The lowest BCUT2D eigenvalue weighted by atomic mass is 10.0. The van der Waals surface area contributed by atoms with E-state index in [4.69, 9.17) is 10.5 Å². The Morgan fingerprint density at radius 1 is 1.10 bits per heavy atom. The van der Waals surface area contributed by atoms with Gasteiger partial charge in [-0.2, -0.15) is 0 Å². The average Bonchev–Trinajstić information content (AvgIpc) is 2.36. The Kier molecular flexibility index (Phi) is 4.84. The summed E-state index contributed by atoms with van der Waals surface area (Å²) in [4.78, 5) is 0. The average molecular weight is 334 g/mol. The van der Waals surface area contributed by atoms with Crippen molar-refractivity contribution in [2.24, 2.45) is 5.73 Å². The summed E-state index contributed by atoms with van der Waals surface area (Å²) in [7, 11) is 0. The third-order valence-electron chi connectivity index (χ3n) is 3.15. The number of hydrogen-bond donors (Lipinski definition) is 1. The van der Waals surface area contributed by atoms with Gasteiger partial charge in [-0.1, -0.05) is 28.1 Å². The van der Waals surface area contributed by atoms with Crippen LogP contribution in [0.5, 0.6) is 11.5 Å². The van der Waals surface area contributed by atoms with E-state index < -0.39 is 0 Å². The van der Waals surface area contributed by atoms with Gasteiger partial charge in [-0.05, 0) is 68.1 Å². The van der Waals surface area contributed by atoms with Crippen LogP contribution in [0.4, 0.5) is 0 Å². The second-order valence-electron chi connectivity index (χ2n) is 5.29. The number of nitrogens with two attached hydrogens (primary N) is 1. The maximum atomic E-state index is 5.95. The largest absolute Gasteiger partial charge is 0.457 e. The summed E-state index contributed by atoms with van der Waals surface area (Å²) in [6, 6.07) is 12.4. The minimum absolute atomic E-state index is 0.176. The third kappa shape index (κ3) is 3.84. The molecule has 2 N–H and O–H groups in total. The molecule has 0 heterocycles. The Labute approximate surface area is 129 Å². The molecule has 0 spiro atoms. The third-order valence-corrected chi connectivity index (χ3v) is 4.04. The smallest absolute Gasteiger partial charge is 0.130 e. The molecule has 3 heteroatoms. The summed E-state index contributed by atoms with van der Waals surface area (Å²) in [6.07, 6.45) is 0.887. The molecule has 2 aromatic rings. The maximum Gasteiger partial charge on any atom is 0.130 e. The van der Waals surface area contributed by atoms with Crippen molar-refractivity contribution in [1.82, 2.24) is 0 Å². The molecule has 106 valence electrons. The van der Waals surface area contributed by atoms with E-state index in [1.807, 2.05) is 31.2 Å². The molecule has 0 aliphatic carbocycles. The van der Waals surface area contributed by atoms with Crippen LogP contribution < -0.4 is 10.5 Å². The Hall–Kier alpha value is -1.32. The highest BCUT2D eigenvalue weighted by atomic mass is 79.9. The van der Waals surface area contributed by atoms with E-state index >= 15 is 0 Å². The molecule has 0 radical (unpaired) electrons. The second kappa shape index (κ2) is 6.42. The van der Waals surface area contributed by atoms with E-state index in [2.05, 4.69) is 41.9 Å². The van der Waals surface area contributed by atoms with E-state index in [-0.39, 0.29) is 6.04 Å². The van der Waals surface area contributed by atoms with E-state index in [0.29, 0.717) is 0 Å². The van der Waals surface area contributed by atoms with Crippen molar-refractivity contribution in [1.29, 1.82) is 0 Å². The zero-order valence-electron chi connectivity index (χ0n) is 12.1. The van der Waals surface area contributed by atoms with Gasteiger partial charge in [0.05, 0.1) is 0 Å². The first-order valence-corrected chi connectivity index (χ1v) is 7.54. The lowest BCUT2D eigenvalue weighted by Gasteiger charge is -2.12. The molecule has 0 aliphatic rings. The van der Waals surface area contributed by atoms with E-state index in [1.165, 1.54) is 5.56 Å². The summed E-state index contributed by atoms with van der Waals surface area (Å²) < 4.78 is 7.04.